The van der Waals surface area contributed by atoms with Crippen molar-refractivity contribution in [2.45, 2.75) is 22.5 Å². The standard InChI is InChI=1S/C11H16ClN3O2S2/c1-13-10-9(12)5-8(6-14-10)19(16,17)15-7-11(18-2)3-4-11/h5-6,15H,3-4,7H2,1-2H3,(H,13,14). The van der Waals surface area contributed by atoms with Crippen LogP contribution in [0.4, 0.5) is 5.82 Å². The highest BCUT2D eigenvalue weighted by Gasteiger charge is 2.42. The molecule has 0 radical (unpaired) electrons. The van der Waals surface area contributed by atoms with Crippen LogP contribution in [0, 0.1) is 0 Å². The number of thioether (sulfide) groups is 1. The average Bonchev–Trinajstić information content (AvgIpc) is 3.17. The van der Waals surface area contributed by atoms with E-state index in [2.05, 4.69) is 15.0 Å². The number of sulfonamides is 1. The second-order valence-electron chi connectivity index (χ2n) is 4.46. The number of pyridine rings is 1. The Labute approximate surface area is 122 Å². The maximum Gasteiger partial charge on any atom is 0.242 e. The summed E-state index contributed by atoms with van der Waals surface area (Å²) in [6.07, 6.45) is 5.41. The van der Waals surface area contributed by atoms with Gasteiger partial charge in [-0.3, -0.25) is 0 Å². The molecule has 1 heterocycles. The molecule has 0 aromatic carbocycles. The molecular formula is C11H16ClN3O2S2. The maximum absolute atomic E-state index is 12.1. The van der Waals surface area contributed by atoms with Crippen LogP contribution < -0.4 is 10.0 Å². The van der Waals surface area contributed by atoms with Gasteiger partial charge < -0.3 is 5.32 Å². The van der Waals surface area contributed by atoms with E-state index in [4.69, 9.17) is 11.6 Å². The molecule has 1 aliphatic rings. The molecule has 1 saturated carbocycles. The number of nitrogens with zero attached hydrogens (tertiary/aromatic N) is 1. The molecule has 0 aliphatic heterocycles. The van der Waals surface area contributed by atoms with E-state index in [1.54, 1.807) is 18.8 Å². The zero-order valence-corrected chi connectivity index (χ0v) is 13.1. The van der Waals surface area contributed by atoms with Crippen molar-refractivity contribution in [1.29, 1.82) is 0 Å². The lowest BCUT2D eigenvalue weighted by atomic mass is 10.4. The van der Waals surface area contributed by atoms with Crippen LogP contribution in [0.25, 0.3) is 0 Å². The first-order valence-corrected chi connectivity index (χ1v) is 8.89. The van der Waals surface area contributed by atoms with E-state index in [9.17, 15) is 8.42 Å². The molecule has 1 aromatic rings. The summed E-state index contributed by atoms with van der Waals surface area (Å²) in [5.74, 6) is 0.461. The zero-order valence-electron chi connectivity index (χ0n) is 10.7. The first-order chi connectivity index (χ1) is 8.92. The molecule has 8 heteroatoms. The minimum absolute atomic E-state index is 0.0786. The molecule has 0 spiro atoms. The molecule has 1 fully saturated rings. The molecule has 2 N–H and O–H groups in total. The quantitative estimate of drug-likeness (QED) is 0.838. The normalized spacial score (nSPS) is 17.2. The van der Waals surface area contributed by atoms with Crippen molar-refractivity contribution in [2.75, 3.05) is 25.2 Å². The Morgan fingerprint density at radius 1 is 1.53 bits per heavy atom. The third-order valence-electron chi connectivity index (χ3n) is 3.19. The predicted octanol–water partition coefficient (Wildman–Crippen LogP) is 1.95. The van der Waals surface area contributed by atoms with Crippen LogP contribution in [-0.4, -0.2) is 38.0 Å². The Hall–Kier alpha value is -0.500. The SMILES string of the molecule is CNc1ncc(S(=O)(=O)NCC2(SC)CC2)cc1Cl. The van der Waals surface area contributed by atoms with Gasteiger partial charge in [0.1, 0.15) is 10.7 Å². The third-order valence-corrected chi connectivity index (χ3v) is 6.26. The number of halogens is 1. The number of nitrogens with one attached hydrogen (secondary N) is 2. The van der Waals surface area contributed by atoms with Gasteiger partial charge in [-0.1, -0.05) is 11.6 Å². The Morgan fingerprint density at radius 3 is 2.68 bits per heavy atom. The molecule has 1 aliphatic carbocycles. The summed E-state index contributed by atoms with van der Waals surface area (Å²) in [6, 6.07) is 1.40. The third kappa shape index (κ3) is 3.34. The van der Waals surface area contributed by atoms with Gasteiger partial charge in [-0.15, -0.1) is 0 Å². The molecule has 0 bridgehead atoms. The average molecular weight is 322 g/mol. The molecule has 0 amide bonds. The van der Waals surface area contributed by atoms with Crippen LogP contribution in [0.5, 0.6) is 0 Å². The summed E-state index contributed by atoms with van der Waals surface area (Å²) in [5.41, 5.74) is 0. The number of aromatic nitrogens is 1. The highest BCUT2D eigenvalue weighted by Crippen LogP contribution is 2.46. The summed E-state index contributed by atoms with van der Waals surface area (Å²) in [7, 11) is -1.87. The van der Waals surface area contributed by atoms with Crippen LogP contribution >= 0.6 is 23.4 Å². The van der Waals surface area contributed by atoms with Crippen molar-refractivity contribution < 1.29 is 8.42 Å². The van der Waals surface area contributed by atoms with E-state index in [-0.39, 0.29) is 14.7 Å². The summed E-state index contributed by atoms with van der Waals surface area (Å²) in [6.45, 7) is 0.446. The zero-order chi connectivity index (χ0) is 14.1. The fourth-order valence-corrected chi connectivity index (χ4v) is 3.89. The molecule has 0 saturated heterocycles. The summed E-state index contributed by atoms with van der Waals surface area (Å²) in [4.78, 5) is 4.07. The van der Waals surface area contributed by atoms with Crippen molar-refractivity contribution in [3.63, 3.8) is 0 Å². The number of hydrogen-bond donors (Lipinski definition) is 2. The Morgan fingerprint density at radius 2 is 2.21 bits per heavy atom. The van der Waals surface area contributed by atoms with Crippen LogP contribution in [0.2, 0.25) is 5.02 Å². The Balaban J connectivity index is 2.13. The minimum atomic E-state index is -3.55. The Bertz CT molecular complexity index is 573. The number of hydrogen-bond acceptors (Lipinski definition) is 5. The van der Waals surface area contributed by atoms with Gasteiger partial charge in [0.15, 0.2) is 0 Å². The van der Waals surface area contributed by atoms with Crippen LogP contribution in [0.15, 0.2) is 17.2 Å². The van der Waals surface area contributed by atoms with Crippen molar-refractivity contribution >= 4 is 39.2 Å². The molecule has 5 nitrogen and oxygen atoms in total. The van der Waals surface area contributed by atoms with E-state index < -0.39 is 10.0 Å². The molecule has 19 heavy (non-hydrogen) atoms. The minimum Gasteiger partial charge on any atom is -0.372 e. The van der Waals surface area contributed by atoms with Crippen molar-refractivity contribution in [3.8, 4) is 0 Å². The van der Waals surface area contributed by atoms with Gasteiger partial charge in [0.05, 0.1) is 5.02 Å². The van der Waals surface area contributed by atoms with Crippen molar-refractivity contribution in [2.24, 2.45) is 0 Å². The van der Waals surface area contributed by atoms with E-state index in [1.807, 2.05) is 6.26 Å². The topological polar surface area (TPSA) is 71.1 Å². The van der Waals surface area contributed by atoms with Crippen LogP contribution in [0.3, 0.4) is 0 Å². The van der Waals surface area contributed by atoms with Gasteiger partial charge in [0, 0.05) is 24.5 Å². The highest BCUT2D eigenvalue weighted by atomic mass is 35.5. The molecule has 2 rings (SSSR count). The molecular weight excluding hydrogens is 306 g/mol. The molecule has 0 atom stereocenters. The number of anilines is 1. The van der Waals surface area contributed by atoms with E-state index in [0.29, 0.717) is 12.4 Å². The van der Waals surface area contributed by atoms with Crippen molar-refractivity contribution in [1.82, 2.24) is 9.71 Å². The second kappa shape index (κ2) is 5.47. The van der Waals surface area contributed by atoms with Crippen LogP contribution in [0.1, 0.15) is 12.8 Å². The van der Waals surface area contributed by atoms with Gasteiger partial charge in [0.2, 0.25) is 10.0 Å². The van der Waals surface area contributed by atoms with Gasteiger partial charge in [-0.25, -0.2) is 18.1 Å². The van der Waals surface area contributed by atoms with Gasteiger partial charge in [0.25, 0.3) is 0 Å². The molecule has 106 valence electrons. The van der Waals surface area contributed by atoms with Gasteiger partial charge in [-0.05, 0) is 25.2 Å². The summed E-state index contributed by atoms with van der Waals surface area (Å²) >= 11 is 7.65. The lowest BCUT2D eigenvalue weighted by molar-refractivity contribution is 0.579. The fourth-order valence-electron chi connectivity index (χ4n) is 1.65. The van der Waals surface area contributed by atoms with E-state index in [0.717, 1.165) is 12.8 Å². The summed E-state index contributed by atoms with van der Waals surface area (Å²) < 4.78 is 27.0. The van der Waals surface area contributed by atoms with Crippen molar-refractivity contribution in [3.05, 3.63) is 17.3 Å². The first kappa shape index (κ1) is 14.9. The van der Waals surface area contributed by atoms with Gasteiger partial charge in [-0.2, -0.15) is 11.8 Å². The lowest BCUT2D eigenvalue weighted by Gasteiger charge is -2.13. The van der Waals surface area contributed by atoms with Crippen LogP contribution in [-0.2, 0) is 10.0 Å². The molecule has 1 aromatic heterocycles. The maximum atomic E-state index is 12.1. The largest absolute Gasteiger partial charge is 0.372 e. The number of rotatable bonds is 6. The highest BCUT2D eigenvalue weighted by molar-refractivity contribution is 8.00. The van der Waals surface area contributed by atoms with Gasteiger partial charge >= 0.3 is 0 Å². The lowest BCUT2D eigenvalue weighted by Crippen LogP contribution is -2.31. The smallest absolute Gasteiger partial charge is 0.242 e. The predicted molar refractivity (Wildman–Crippen MR) is 79.5 cm³/mol. The fraction of sp³-hybridized carbons (Fsp3) is 0.545. The van der Waals surface area contributed by atoms with E-state index >= 15 is 0 Å². The second-order valence-corrected chi connectivity index (χ2v) is 7.91. The summed E-state index contributed by atoms with van der Waals surface area (Å²) in [5, 5.41) is 3.08. The van der Waals surface area contributed by atoms with E-state index in [1.165, 1.54) is 12.3 Å². The molecule has 0 unspecified atom stereocenters. The Kier molecular flexibility index (Phi) is 4.29. The first-order valence-electron chi connectivity index (χ1n) is 5.80. The monoisotopic (exact) mass is 321 g/mol.